The minimum absolute atomic E-state index is 0.322. The largest absolute Gasteiger partial charge is 0.497 e. The molecule has 21 heavy (non-hydrogen) atoms. The normalized spacial score (nSPS) is 23.8. The van der Waals surface area contributed by atoms with Crippen molar-refractivity contribution in [1.29, 1.82) is 0 Å². The molecule has 118 valence electrons. The Balaban J connectivity index is 1.76. The van der Waals surface area contributed by atoms with Gasteiger partial charge in [0.25, 0.3) is 0 Å². The molecule has 2 N–H and O–H groups in total. The molecule has 3 nitrogen and oxygen atoms in total. The number of aliphatic hydroxyl groups is 1. The highest BCUT2D eigenvalue weighted by Gasteiger charge is 2.25. The predicted octanol–water partition coefficient (Wildman–Crippen LogP) is 3.16. The molecule has 1 aliphatic rings. The third-order valence-corrected chi connectivity index (χ3v) is 4.67. The monoisotopic (exact) mass is 291 g/mol. The lowest BCUT2D eigenvalue weighted by molar-refractivity contribution is 0.146. The maximum Gasteiger partial charge on any atom is 0.118 e. The molecule has 3 unspecified atom stereocenters. The van der Waals surface area contributed by atoms with Gasteiger partial charge in [0.1, 0.15) is 5.75 Å². The number of benzene rings is 1. The fourth-order valence-corrected chi connectivity index (χ4v) is 3.27. The van der Waals surface area contributed by atoms with Crippen molar-refractivity contribution in [3.8, 4) is 5.75 Å². The van der Waals surface area contributed by atoms with Gasteiger partial charge >= 0.3 is 0 Å². The average Bonchev–Trinajstić information content (AvgIpc) is 2.54. The van der Waals surface area contributed by atoms with Crippen molar-refractivity contribution in [3.05, 3.63) is 29.8 Å². The van der Waals surface area contributed by atoms with E-state index in [-0.39, 0.29) is 0 Å². The van der Waals surface area contributed by atoms with Gasteiger partial charge in [0, 0.05) is 18.7 Å². The van der Waals surface area contributed by atoms with Crippen molar-refractivity contribution in [2.75, 3.05) is 13.7 Å². The zero-order valence-electron chi connectivity index (χ0n) is 13.3. The van der Waals surface area contributed by atoms with E-state index < -0.39 is 0 Å². The summed E-state index contributed by atoms with van der Waals surface area (Å²) in [6.07, 6.45) is 7.14. The zero-order valence-corrected chi connectivity index (χ0v) is 13.3. The maximum atomic E-state index is 9.48. The molecule has 1 aromatic rings. The first-order valence-electron chi connectivity index (χ1n) is 8.22. The lowest BCUT2D eigenvalue weighted by atomic mass is 9.84. The Labute approximate surface area is 128 Å². The first-order valence-corrected chi connectivity index (χ1v) is 8.22. The van der Waals surface area contributed by atoms with E-state index in [2.05, 4.69) is 24.4 Å². The summed E-state index contributed by atoms with van der Waals surface area (Å²) >= 11 is 0. The molecule has 0 aromatic heterocycles. The summed E-state index contributed by atoms with van der Waals surface area (Å²) in [7, 11) is 1.70. The number of hydrogen-bond acceptors (Lipinski definition) is 3. The summed E-state index contributed by atoms with van der Waals surface area (Å²) in [6, 6.07) is 9.32. The minimum atomic E-state index is 0.322. The Kier molecular flexibility index (Phi) is 6.52. The van der Waals surface area contributed by atoms with Gasteiger partial charge in [-0.2, -0.15) is 0 Å². The second kappa shape index (κ2) is 8.40. The van der Waals surface area contributed by atoms with E-state index in [1.165, 1.54) is 31.2 Å². The smallest absolute Gasteiger partial charge is 0.118 e. The van der Waals surface area contributed by atoms with E-state index >= 15 is 0 Å². The fraction of sp³-hybridized carbons (Fsp3) is 0.667. The summed E-state index contributed by atoms with van der Waals surface area (Å²) in [5, 5.41) is 13.2. The average molecular weight is 291 g/mol. The number of aryl methyl sites for hydroxylation is 1. The van der Waals surface area contributed by atoms with Crippen LogP contribution in [0, 0.1) is 5.92 Å². The maximum absolute atomic E-state index is 9.48. The van der Waals surface area contributed by atoms with Gasteiger partial charge in [-0.3, -0.25) is 0 Å². The molecule has 0 bridgehead atoms. The number of aliphatic hydroxyl groups excluding tert-OH is 1. The van der Waals surface area contributed by atoms with Crippen LogP contribution < -0.4 is 10.1 Å². The summed E-state index contributed by atoms with van der Waals surface area (Å²) in [6.45, 7) is 2.58. The van der Waals surface area contributed by atoms with E-state index in [1.807, 2.05) is 12.1 Å². The van der Waals surface area contributed by atoms with Crippen molar-refractivity contribution in [2.45, 2.75) is 57.5 Å². The molecule has 1 aromatic carbocycles. The summed E-state index contributed by atoms with van der Waals surface area (Å²) < 4.78 is 5.18. The molecule has 0 radical (unpaired) electrons. The third kappa shape index (κ3) is 5.01. The second-order valence-electron chi connectivity index (χ2n) is 6.29. The molecule has 0 amide bonds. The molecule has 1 aliphatic carbocycles. The van der Waals surface area contributed by atoms with Gasteiger partial charge in [0.2, 0.25) is 0 Å². The third-order valence-electron chi connectivity index (χ3n) is 4.67. The van der Waals surface area contributed by atoms with E-state index in [4.69, 9.17) is 4.74 Å². The fourth-order valence-electron chi connectivity index (χ4n) is 3.27. The van der Waals surface area contributed by atoms with Crippen LogP contribution in [0.2, 0.25) is 0 Å². The standard InChI is InChI=1S/C18H29NO2/c1-14(19-18-6-4-3-5-16(18)13-20)7-8-15-9-11-17(21-2)12-10-15/h9-12,14,16,18-20H,3-8,13H2,1-2H3. The molecular weight excluding hydrogens is 262 g/mol. The Morgan fingerprint density at radius 1 is 1.24 bits per heavy atom. The lowest BCUT2D eigenvalue weighted by Gasteiger charge is -2.33. The molecule has 3 atom stereocenters. The van der Waals surface area contributed by atoms with Crippen LogP contribution in [0.5, 0.6) is 5.75 Å². The number of rotatable bonds is 7. The van der Waals surface area contributed by atoms with Crippen molar-refractivity contribution in [1.82, 2.24) is 5.32 Å². The van der Waals surface area contributed by atoms with Crippen molar-refractivity contribution < 1.29 is 9.84 Å². The molecule has 3 heteroatoms. The van der Waals surface area contributed by atoms with Gasteiger partial charge in [-0.1, -0.05) is 25.0 Å². The number of methoxy groups -OCH3 is 1. The van der Waals surface area contributed by atoms with Crippen molar-refractivity contribution in [2.24, 2.45) is 5.92 Å². The number of ether oxygens (including phenoxy) is 1. The molecule has 1 fully saturated rings. The van der Waals surface area contributed by atoms with Gasteiger partial charge in [0.15, 0.2) is 0 Å². The summed E-state index contributed by atoms with van der Waals surface area (Å²) in [5.41, 5.74) is 1.35. The highest BCUT2D eigenvalue weighted by molar-refractivity contribution is 5.27. The van der Waals surface area contributed by atoms with Crippen molar-refractivity contribution >= 4 is 0 Å². The second-order valence-corrected chi connectivity index (χ2v) is 6.29. The first kappa shape index (κ1) is 16.3. The SMILES string of the molecule is COc1ccc(CCC(C)NC2CCCCC2CO)cc1. The molecule has 0 spiro atoms. The van der Waals surface area contributed by atoms with Gasteiger partial charge in [-0.05, 0) is 56.2 Å². The van der Waals surface area contributed by atoms with Crippen LogP contribution in [0.1, 0.15) is 44.6 Å². The van der Waals surface area contributed by atoms with Crippen LogP contribution >= 0.6 is 0 Å². The zero-order chi connectivity index (χ0) is 15.1. The van der Waals surface area contributed by atoms with Crippen LogP contribution in [0.15, 0.2) is 24.3 Å². The van der Waals surface area contributed by atoms with Gasteiger partial charge in [-0.15, -0.1) is 0 Å². The number of nitrogens with one attached hydrogen (secondary N) is 1. The molecule has 0 heterocycles. The molecular formula is C18H29NO2. The van der Waals surface area contributed by atoms with Gasteiger partial charge in [-0.25, -0.2) is 0 Å². The van der Waals surface area contributed by atoms with Crippen LogP contribution in [0.4, 0.5) is 0 Å². The molecule has 0 saturated heterocycles. The molecule has 2 rings (SSSR count). The van der Waals surface area contributed by atoms with Gasteiger partial charge < -0.3 is 15.2 Å². The molecule has 1 saturated carbocycles. The Morgan fingerprint density at radius 3 is 2.62 bits per heavy atom. The predicted molar refractivity (Wildman–Crippen MR) is 86.7 cm³/mol. The minimum Gasteiger partial charge on any atom is -0.497 e. The number of hydrogen-bond donors (Lipinski definition) is 2. The molecule has 0 aliphatic heterocycles. The van der Waals surface area contributed by atoms with Crippen LogP contribution in [0.25, 0.3) is 0 Å². The van der Waals surface area contributed by atoms with E-state index in [0.29, 0.717) is 24.6 Å². The van der Waals surface area contributed by atoms with E-state index in [1.54, 1.807) is 7.11 Å². The van der Waals surface area contributed by atoms with E-state index in [9.17, 15) is 5.11 Å². The van der Waals surface area contributed by atoms with E-state index in [0.717, 1.165) is 18.6 Å². The summed E-state index contributed by atoms with van der Waals surface area (Å²) in [4.78, 5) is 0. The summed E-state index contributed by atoms with van der Waals surface area (Å²) in [5.74, 6) is 1.36. The van der Waals surface area contributed by atoms with Gasteiger partial charge in [0.05, 0.1) is 7.11 Å². The van der Waals surface area contributed by atoms with Crippen LogP contribution in [-0.4, -0.2) is 30.9 Å². The van der Waals surface area contributed by atoms with Crippen LogP contribution in [0.3, 0.4) is 0 Å². The highest BCUT2D eigenvalue weighted by Crippen LogP contribution is 2.24. The van der Waals surface area contributed by atoms with Crippen LogP contribution in [-0.2, 0) is 6.42 Å². The van der Waals surface area contributed by atoms with Crippen molar-refractivity contribution in [3.63, 3.8) is 0 Å². The lowest BCUT2D eigenvalue weighted by Crippen LogP contribution is -2.44. The quantitative estimate of drug-likeness (QED) is 0.811. The Hall–Kier alpha value is -1.06. The Morgan fingerprint density at radius 2 is 1.95 bits per heavy atom. The Bertz CT molecular complexity index is 404. The topological polar surface area (TPSA) is 41.5 Å². The highest BCUT2D eigenvalue weighted by atomic mass is 16.5. The first-order chi connectivity index (χ1) is 10.2.